The van der Waals surface area contributed by atoms with Crippen molar-refractivity contribution in [3.63, 3.8) is 0 Å². The molecule has 0 unspecified atom stereocenters. The smallest absolute Gasteiger partial charge is 0.187 e. The number of aliphatic hydroxyl groups excluding tert-OH is 9. The van der Waals surface area contributed by atoms with E-state index in [1.54, 1.807) is 0 Å². The summed E-state index contributed by atoms with van der Waals surface area (Å²) >= 11 is 0. The van der Waals surface area contributed by atoms with Crippen LogP contribution in [0.25, 0.3) is 0 Å². The van der Waals surface area contributed by atoms with Gasteiger partial charge in [-0.05, 0) is 0 Å². The molecular weight excluding hydrogens is 320 g/mol. The van der Waals surface area contributed by atoms with Crippen LogP contribution in [0, 0.1) is 0 Å². The molecule has 0 spiro atoms. The lowest BCUT2D eigenvalue weighted by atomic mass is 9.98. The summed E-state index contributed by atoms with van der Waals surface area (Å²) < 4.78 is 10.1. The molecule has 0 aromatic rings. The summed E-state index contributed by atoms with van der Waals surface area (Å²) in [6, 6.07) is 0. The van der Waals surface area contributed by atoms with Crippen LogP contribution in [0.3, 0.4) is 0 Å². The second kappa shape index (κ2) is 9.15. The lowest BCUT2D eigenvalue weighted by Gasteiger charge is -2.42. The van der Waals surface area contributed by atoms with E-state index in [-0.39, 0.29) is 0 Å². The zero-order valence-corrected chi connectivity index (χ0v) is 12.2. The van der Waals surface area contributed by atoms with Crippen LogP contribution in [0.4, 0.5) is 0 Å². The van der Waals surface area contributed by atoms with Gasteiger partial charge in [0.25, 0.3) is 0 Å². The van der Waals surface area contributed by atoms with Crippen LogP contribution >= 0.6 is 0 Å². The van der Waals surface area contributed by atoms with Crippen LogP contribution in [0.5, 0.6) is 0 Å². The summed E-state index contributed by atoms with van der Waals surface area (Å²) in [5, 5.41) is 84.9. The van der Waals surface area contributed by atoms with Gasteiger partial charge in [-0.2, -0.15) is 0 Å². The SMILES string of the molecule is OC[C@H](O)[C@@H](O)[C@@H](O[C@@H]1O[C@H](CO)[C@H](O)[C@H](O)[C@H]1O)[C@@H](O)CO. The maximum atomic E-state index is 9.83. The van der Waals surface area contributed by atoms with Crippen LogP contribution < -0.4 is 0 Å². The van der Waals surface area contributed by atoms with Crippen molar-refractivity contribution in [2.45, 2.75) is 55.1 Å². The molecule has 0 aromatic heterocycles. The van der Waals surface area contributed by atoms with Crippen LogP contribution in [-0.2, 0) is 9.47 Å². The molecule has 1 aliphatic heterocycles. The first-order valence-electron chi connectivity index (χ1n) is 7.00. The van der Waals surface area contributed by atoms with Crippen LogP contribution in [-0.4, -0.2) is 121 Å². The minimum absolute atomic E-state index is 0.708. The number of hydrogen-bond donors (Lipinski definition) is 9. The van der Waals surface area contributed by atoms with Gasteiger partial charge in [0.15, 0.2) is 6.29 Å². The first-order chi connectivity index (χ1) is 10.8. The number of ether oxygens (including phenoxy) is 2. The number of hydrogen-bond acceptors (Lipinski definition) is 11. The second-order valence-corrected chi connectivity index (χ2v) is 5.29. The Morgan fingerprint density at radius 3 is 1.87 bits per heavy atom. The van der Waals surface area contributed by atoms with Crippen molar-refractivity contribution in [1.29, 1.82) is 0 Å². The molecule has 11 nitrogen and oxygen atoms in total. The third kappa shape index (κ3) is 4.78. The van der Waals surface area contributed by atoms with Crippen molar-refractivity contribution in [2.24, 2.45) is 0 Å². The highest BCUT2D eigenvalue weighted by molar-refractivity contribution is 4.91. The Balaban J connectivity index is 2.89. The molecule has 11 heteroatoms. The van der Waals surface area contributed by atoms with Gasteiger partial charge < -0.3 is 55.4 Å². The van der Waals surface area contributed by atoms with Crippen molar-refractivity contribution >= 4 is 0 Å². The van der Waals surface area contributed by atoms with Crippen LogP contribution in [0.15, 0.2) is 0 Å². The monoisotopic (exact) mass is 344 g/mol. The quantitative estimate of drug-likeness (QED) is 0.203. The van der Waals surface area contributed by atoms with Gasteiger partial charge in [-0.25, -0.2) is 0 Å². The summed E-state index contributed by atoms with van der Waals surface area (Å²) in [7, 11) is 0. The first-order valence-corrected chi connectivity index (χ1v) is 7.00. The average molecular weight is 344 g/mol. The molecule has 1 rings (SSSR count). The molecule has 0 bridgehead atoms. The van der Waals surface area contributed by atoms with E-state index < -0.39 is 74.9 Å². The molecule has 23 heavy (non-hydrogen) atoms. The van der Waals surface area contributed by atoms with E-state index in [0.29, 0.717) is 0 Å². The Morgan fingerprint density at radius 1 is 0.826 bits per heavy atom. The van der Waals surface area contributed by atoms with E-state index in [9.17, 15) is 30.6 Å². The summed E-state index contributed by atoms with van der Waals surface area (Å²) in [6.07, 6.45) is -15.1. The highest BCUT2D eigenvalue weighted by Crippen LogP contribution is 2.24. The molecule has 0 radical (unpaired) electrons. The fraction of sp³-hybridized carbons (Fsp3) is 1.00. The summed E-state index contributed by atoms with van der Waals surface area (Å²) in [6.45, 7) is -2.45. The van der Waals surface area contributed by atoms with Crippen molar-refractivity contribution < 1.29 is 55.4 Å². The third-order valence-corrected chi connectivity index (χ3v) is 3.62. The number of aliphatic hydroxyl groups is 9. The van der Waals surface area contributed by atoms with E-state index in [0.717, 1.165) is 0 Å². The van der Waals surface area contributed by atoms with E-state index in [1.807, 2.05) is 0 Å². The molecule has 0 saturated carbocycles. The van der Waals surface area contributed by atoms with Gasteiger partial charge in [0.2, 0.25) is 0 Å². The van der Waals surface area contributed by atoms with Gasteiger partial charge in [0.1, 0.15) is 48.8 Å². The third-order valence-electron chi connectivity index (χ3n) is 3.62. The molecule has 0 amide bonds. The maximum Gasteiger partial charge on any atom is 0.187 e. The summed E-state index contributed by atoms with van der Waals surface area (Å²) in [5.74, 6) is 0. The van der Waals surface area contributed by atoms with Gasteiger partial charge in [0, 0.05) is 0 Å². The fourth-order valence-electron chi connectivity index (χ4n) is 2.16. The van der Waals surface area contributed by atoms with E-state index in [2.05, 4.69) is 0 Å². The van der Waals surface area contributed by atoms with Gasteiger partial charge in [-0.15, -0.1) is 0 Å². The zero-order valence-electron chi connectivity index (χ0n) is 12.2. The van der Waals surface area contributed by atoms with Crippen molar-refractivity contribution in [1.82, 2.24) is 0 Å². The van der Waals surface area contributed by atoms with E-state index >= 15 is 0 Å². The van der Waals surface area contributed by atoms with Gasteiger partial charge >= 0.3 is 0 Å². The molecule has 0 aliphatic carbocycles. The van der Waals surface area contributed by atoms with Gasteiger partial charge in [0.05, 0.1) is 19.8 Å². The molecule has 138 valence electrons. The maximum absolute atomic E-state index is 9.83. The highest BCUT2D eigenvalue weighted by atomic mass is 16.7. The lowest BCUT2D eigenvalue weighted by Crippen LogP contribution is -2.61. The molecule has 1 fully saturated rings. The van der Waals surface area contributed by atoms with Gasteiger partial charge in [-0.3, -0.25) is 0 Å². The lowest BCUT2D eigenvalue weighted by molar-refractivity contribution is -0.327. The Labute approximate surface area is 131 Å². The summed E-state index contributed by atoms with van der Waals surface area (Å²) in [4.78, 5) is 0. The van der Waals surface area contributed by atoms with Crippen molar-refractivity contribution in [3.8, 4) is 0 Å². The van der Waals surface area contributed by atoms with Gasteiger partial charge in [-0.1, -0.05) is 0 Å². The van der Waals surface area contributed by atoms with E-state index in [4.69, 9.17) is 24.8 Å². The molecule has 1 saturated heterocycles. The predicted octanol–water partition coefficient (Wildman–Crippen LogP) is -5.76. The fourth-order valence-corrected chi connectivity index (χ4v) is 2.16. The zero-order chi connectivity index (χ0) is 17.7. The number of rotatable bonds is 8. The Hall–Kier alpha value is -0.440. The van der Waals surface area contributed by atoms with Crippen LogP contribution in [0.2, 0.25) is 0 Å². The highest BCUT2D eigenvalue weighted by Gasteiger charge is 2.46. The Kier molecular flexibility index (Phi) is 8.20. The Bertz CT molecular complexity index is 341. The molecule has 1 aliphatic rings. The molecule has 0 aromatic carbocycles. The molecule has 1 heterocycles. The standard InChI is InChI=1S/C12H24O11/c13-1-4(16)7(18)11(5(17)2-14)23-12-10(21)9(20)8(19)6(3-15)22-12/h4-21H,1-3H2/t4-,5-,6+,7+,8-,9-,10+,11-,12-/m0/s1. The topological polar surface area (TPSA) is 201 Å². The van der Waals surface area contributed by atoms with Crippen molar-refractivity contribution in [3.05, 3.63) is 0 Å². The van der Waals surface area contributed by atoms with Crippen LogP contribution in [0.1, 0.15) is 0 Å². The summed E-state index contributed by atoms with van der Waals surface area (Å²) in [5.41, 5.74) is 0. The predicted molar refractivity (Wildman–Crippen MR) is 70.8 cm³/mol. The first kappa shape index (κ1) is 20.6. The van der Waals surface area contributed by atoms with E-state index in [1.165, 1.54) is 0 Å². The molecule has 9 N–H and O–H groups in total. The van der Waals surface area contributed by atoms with Crippen molar-refractivity contribution in [2.75, 3.05) is 19.8 Å². The second-order valence-electron chi connectivity index (χ2n) is 5.29. The normalized spacial score (nSPS) is 37.2. The molecular formula is C12H24O11. The Morgan fingerprint density at radius 2 is 1.39 bits per heavy atom. The minimum atomic E-state index is -1.85. The molecule has 9 atom stereocenters. The average Bonchev–Trinajstić information content (AvgIpc) is 2.57. The minimum Gasteiger partial charge on any atom is -0.394 e. The largest absolute Gasteiger partial charge is 0.394 e.